The average Bonchev–Trinajstić information content (AvgIpc) is 3.17. The lowest BCUT2D eigenvalue weighted by atomic mass is 10.2. The van der Waals surface area contributed by atoms with Crippen LogP contribution in [0.15, 0.2) is 42.5 Å². The first-order valence-corrected chi connectivity index (χ1v) is 10.0. The van der Waals surface area contributed by atoms with Gasteiger partial charge >= 0.3 is 0 Å². The summed E-state index contributed by atoms with van der Waals surface area (Å²) < 4.78 is 17.8. The summed E-state index contributed by atoms with van der Waals surface area (Å²) in [5, 5.41) is 3.91. The Balaban J connectivity index is 1.30. The Morgan fingerprint density at radius 3 is 2.82 bits per heavy atom. The summed E-state index contributed by atoms with van der Waals surface area (Å²) in [5.41, 5.74) is 1.65. The molecule has 0 saturated carbocycles. The van der Waals surface area contributed by atoms with Crippen LogP contribution in [0.1, 0.15) is 0 Å². The van der Waals surface area contributed by atoms with E-state index in [-0.39, 0.29) is 12.5 Å². The van der Waals surface area contributed by atoms with E-state index in [4.69, 9.17) is 19.2 Å². The summed E-state index contributed by atoms with van der Waals surface area (Å²) in [4.78, 5) is 19.6. The van der Waals surface area contributed by atoms with Crippen molar-refractivity contribution in [3.63, 3.8) is 0 Å². The molecule has 3 heterocycles. The van der Waals surface area contributed by atoms with Crippen molar-refractivity contribution < 1.29 is 19.0 Å². The number of para-hydroxylation sites is 2. The maximum Gasteiger partial charge on any atom is 0.269 e. The Labute approximate surface area is 165 Å². The summed E-state index contributed by atoms with van der Waals surface area (Å²) in [6.45, 7) is 3.34. The number of carbonyl (C=O) groups is 1. The maximum absolute atomic E-state index is 12.6. The van der Waals surface area contributed by atoms with Crippen LogP contribution in [-0.4, -0.2) is 49.9 Å². The minimum atomic E-state index is -0.684. The van der Waals surface area contributed by atoms with E-state index < -0.39 is 6.10 Å². The molecule has 1 N–H and O–H groups in total. The molecule has 2 aliphatic rings. The van der Waals surface area contributed by atoms with Gasteiger partial charge in [0.2, 0.25) is 6.10 Å². The lowest BCUT2D eigenvalue weighted by Crippen LogP contribution is -2.40. The molecule has 0 spiro atoms. The van der Waals surface area contributed by atoms with Crippen molar-refractivity contribution in [2.24, 2.45) is 0 Å². The predicted octanol–water partition coefficient (Wildman–Crippen LogP) is 2.91. The fourth-order valence-electron chi connectivity index (χ4n) is 3.25. The van der Waals surface area contributed by atoms with Gasteiger partial charge in [-0.2, -0.15) is 0 Å². The van der Waals surface area contributed by atoms with Crippen LogP contribution in [0.2, 0.25) is 0 Å². The zero-order valence-electron chi connectivity index (χ0n) is 15.1. The van der Waals surface area contributed by atoms with E-state index in [9.17, 15) is 4.79 Å². The first-order chi connectivity index (χ1) is 13.8. The third-order valence-electron chi connectivity index (χ3n) is 4.73. The van der Waals surface area contributed by atoms with Crippen molar-refractivity contribution in [3.8, 4) is 11.5 Å². The topological polar surface area (TPSA) is 72.9 Å². The predicted molar refractivity (Wildman–Crippen MR) is 108 cm³/mol. The number of morpholine rings is 1. The highest BCUT2D eigenvalue weighted by Gasteiger charge is 2.27. The van der Waals surface area contributed by atoms with Crippen LogP contribution in [0.4, 0.5) is 10.8 Å². The van der Waals surface area contributed by atoms with E-state index in [0.717, 1.165) is 47.3 Å². The van der Waals surface area contributed by atoms with Gasteiger partial charge in [0.1, 0.15) is 6.61 Å². The zero-order valence-corrected chi connectivity index (χ0v) is 15.9. The van der Waals surface area contributed by atoms with Crippen molar-refractivity contribution in [1.82, 2.24) is 4.98 Å². The van der Waals surface area contributed by atoms with Gasteiger partial charge in [0.05, 0.1) is 23.4 Å². The molecule has 2 aromatic carbocycles. The van der Waals surface area contributed by atoms with Gasteiger partial charge in [-0.1, -0.05) is 23.5 Å². The van der Waals surface area contributed by atoms with E-state index in [2.05, 4.69) is 10.2 Å². The molecular formula is C20H19N3O4S. The van der Waals surface area contributed by atoms with Crippen LogP contribution in [-0.2, 0) is 9.53 Å². The number of anilines is 2. The number of fused-ring (bicyclic) bond motifs is 2. The SMILES string of the molecule is O=C(Nc1ccc2nc(N3CCOCC3)sc2c1)[C@@H]1COc2ccccc2O1. The van der Waals surface area contributed by atoms with Crippen LogP contribution in [0.3, 0.4) is 0 Å². The van der Waals surface area contributed by atoms with E-state index in [1.54, 1.807) is 17.4 Å². The second kappa shape index (κ2) is 7.29. The van der Waals surface area contributed by atoms with Crippen molar-refractivity contribution in [2.75, 3.05) is 43.1 Å². The normalized spacial score (nSPS) is 18.9. The van der Waals surface area contributed by atoms with Crippen LogP contribution >= 0.6 is 11.3 Å². The summed E-state index contributed by atoms with van der Waals surface area (Å²) in [5.74, 6) is 1.02. The van der Waals surface area contributed by atoms with Gasteiger partial charge in [-0.3, -0.25) is 4.79 Å². The molecule has 5 rings (SSSR count). The number of hydrogen-bond acceptors (Lipinski definition) is 7. The molecule has 0 unspecified atom stereocenters. The number of hydrogen-bond donors (Lipinski definition) is 1. The Morgan fingerprint density at radius 2 is 1.96 bits per heavy atom. The first-order valence-electron chi connectivity index (χ1n) is 9.19. The summed E-state index contributed by atoms with van der Waals surface area (Å²) in [7, 11) is 0. The summed E-state index contributed by atoms with van der Waals surface area (Å²) >= 11 is 1.62. The smallest absolute Gasteiger partial charge is 0.269 e. The van der Waals surface area contributed by atoms with E-state index in [1.165, 1.54) is 0 Å². The number of rotatable bonds is 3. The summed E-state index contributed by atoms with van der Waals surface area (Å²) in [6, 6.07) is 13.1. The largest absolute Gasteiger partial charge is 0.485 e. The number of nitrogens with zero attached hydrogens (tertiary/aromatic N) is 2. The number of nitrogens with one attached hydrogen (secondary N) is 1. The van der Waals surface area contributed by atoms with Gasteiger partial charge < -0.3 is 24.4 Å². The first kappa shape index (κ1) is 17.3. The highest BCUT2D eigenvalue weighted by atomic mass is 32.1. The third-order valence-corrected chi connectivity index (χ3v) is 5.81. The van der Waals surface area contributed by atoms with Gasteiger partial charge in [0.15, 0.2) is 16.6 Å². The fraction of sp³-hybridized carbons (Fsp3) is 0.300. The van der Waals surface area contributed by atoms with Crippen molar-refractivity contribution in [3.05, 3.63) is 42.5 Å². The van der Waals surface area contributed by atoms with Gasteiger partial charge in [-0.05, 0) is 30.3 Å². The molecule has 1 fully saturated rings. The quantitative estimate of drug-likeness (QED) is 0.733. The molecule has 7 nitrogen and oxygen atoms in total. The molecule has 0 radical (unpaired) electrons. The monoisotopic (exact) mass is 397 g/mol. The molecule has 0 aliphatic carbocycles. The van der Waals surface area contributed by atoms with Crippen LogP contribution in [0, 0.1) is 0 Å². The second-order valence-electron chi connectivity index (χ2n) is 6.63. The third kappa shape index (κ3) is 3.36. The van der Waals surface area contributed by atoms with Crippen molar-refractivity contribution in [2.45, 2.75) is 6.10 Å². The number of benzene rings is 2. The highest BCUT2D eigenvalue weighted by Crippen LogP contribution is 2.33. The molecule has 1 aromatic heterocycles. The van der Waals surface area contributed by atoms with E-state index >= 15 is 0 Å². The molecule has 1 atom stereocenters. The Kier molecular flexibility index (Phi) is 4.50. The molecule has 1 saturated heterocycles. The van der Waals surface area contributed by atoms with Crippen LogP contribution < -0.4 is 19.7 Å². The zero-order chi connectivity index (χ0) is 18.9. The van der Waals surface area contributed by atoms with E-state index in [0.29, 0.717) is 11.5 Å². The number of ether oxygens (including phenoxy) is 3. The van der Waals surface area contributed by atoms with Crippen molar-refractivity contribution in [1.29, 1.82) is 0 Å². The maximum atomic E-state index is 12.6. The molecule has 2 aliphatic heterocycles. The Bertz CT molecular complexity index is 1020. The van der Waals surface area contributed by atoms with Crippen LogP contribution in [0.5, 0.6) is 11.5 Å². The molecule has 8 heteroatoms. The minimum absolute atomic E-state index is 0.187. The molecule has 28 heavy (non-hydrogen) atoms. The van der Waals surface area contributed by atoms with Gasteiger partial charge in [0, 0.05) is 18.8 Å². The second-order valence-corrected chi connectivity index (χ2v) is 7.64. The number of carbonyl (C=O) groups excluding carboxylic acids is 1. The fourth-order valence-corrected chi connectivity index (χ4v) is 4.31. The number of aromatic nitrogens is 1. The lowest BCUT2D eigenvalue weighted by Gasteiger charge is -2.25. The standard InChI is InChI=1S/C20H19N3O4S/c24-19(17-12-26-15-3-1-2-4-16(15)27-17)21-13-5-6-14-18(11-13)28-20(22-14)23-7-9-25-10-8-23/h1-6,11,17H,7-10,12H2,(H,21,24)/t17-/m0/s1. The minimum Gasteiger partial charge on any atom is -0.485 e. The van der Waals surface area contributed by atoms with E-state index in [1.807, 2.05) is 36.4 Å². The van der Waals surface area contributed by atoms with Gasteiger partial charge in [0.25, 0.3) is 5.91 Å². The lowest BCUT2D eigenvalue weighted by molar-refractivity contribution is -0.125. The molecule has 3 aromatic rings. The average molecular weight is 397 g/mol. The molecule has 144 valence electrons. The Morgan fingerprint density at radius 1 is 1.14 bits per heavy atom. The molecular weight excluding hydrogens is 378 g/mol. The van der Waals surface area contributed by atoms with Crippen molar-refractivity contribution >= 4 is 38.3 Å². The van der Waals surface area contributed by atoms with Gasteiger partial charge in [-0.15, -0.1) is 0 Å². The number of amides is 1. The molecule has 1 amide bonds. The van der Waals surface area contributed by atoms with Gasteiger partial charge in [-0.25, -0.2) is 4.98 Å². The number of thiazole rings is 1. The summed E-state index contributed by atoms with van der Waals surface area (Å²) in [6.07, 6.45) is -0.684. The van der Waals surface area contributed by atoms with Crippen LogP contribution in [0.25, 0.3) is 10.2 Å². The Hall–Kier alpha value is -2.84. The molecule has 0 bridgehead atoms. The highest BCUT2D eigenvalue weighted by molar-refractivity contribution is 7.22.